The Balaban J connectivity index is 2.55. The van der Waals surface area contributed by atoms with Crippen LogP contribution in [0.3, 0.4) is 0 Å². The fraction of sp³-hybridized carbons (Fsp3) is 0.625. The van der Waals surface area contributed by atoms with Gasteiger partial charge in [0.05, 0.1) is 26.4 Å². The average Bonchev–Trinajstić information content (AvgIpc) is 2.70. The molecule has 1 rings (SSSR count). The predicted molar refractivity (Wildman–Crippen MR) is 122 cm³/mol. The second kappa shape index (κ2) is 14.5. The number of esters is 1. The summed E-state index contributed by atoms with van der Waals surface area (Å²) in [6.07, 6.45) is 4.02. The molecule has 1 atom stereocenters. The number of benzene rings is 1. The summed E-state index contributed by atoms with van der Waals surface area (Å²) >= 11 is 0. The summed E-state index contributed by atoms with van der Waals surface area (Å²) in [4.78, 5) is 34.5. The maximum absolute atomic E-state index is 12.1. The Hall–Kier alpha value is -2.61. The Morgan fingerprint density at radius 3 is 2.34 bits per heavy atom. The molecule has 8 nitrogen and oxygen atoms in total. The van der Waals surface area contributed by atoms with Gasteiger partial charge in [-0.05, 0) is 57.6 Å². The summed E-state index contributed by atoms with van der Waals surface area (Å²) in [5.41, 5.74) is 6.91. The van der Waals surface area contributed by atoms with Crippen molar-refractivity contribution in [3.63, 3.8) is 0 Å². The van der Waals surface area contributed by atoms with Crippen molar-refractivity contribution >= 4 is 18.0 Å². The predicted octanol–water partition coefficient (Wildman–Crippen LogP) is 3.64. The van der Waals surface area contributed by atoms with Crippen LogP contribution in [-0.4, -0.2) is 43.3 Å². The number of ether oxygens (including phenoxy) is 3. The Kier molecular flexibility index (Phi) is 12.4. The molecule has 0 aliphatic carbocycles. The number of carbonyl (C=O) groups is 3. The Labute approximate surface area is 191 Å². The molecule has 0 aliphatic heterocycles. The Morgan fingerprint density at radius 2 is 1.72 bits per heavy atom. The molecular formula is C24H38N2O6. The lowest BCUT2D eigenvalue weighted by Gasteiger charge is -2.23. The fourth-order valence-corrected chi connectivity index (χ4v) is 3.10. The topological polar surface area (TPSA) is 117 Å². The van der Waals surface area contributed by atoms with Gasteiger partial charge in [-0.2, -0.15) is 0 Å². The number of nitrogens with two attached hydrogens (primary N) is 1. The number of methoxy groups -OCH3 is 1. The maximum Gasteiger partial charge on any atom is 0.407 e. The van der Waals surface area contributed by atoms with E-state index in [1.165, 1.54) is 12.7 Å². The largest absolute Gasteiger partial charge is 0.469 e. The van der Waals surface area contributed by atoms with Gasteiger partial charge in [0.1, 0.15) is 5.60 Å². The molecule has 1 aromatic rings. The number of hydrogen-bond donors (Lipinski definition) is 2. The van der Waals surface area contributed by atoms with Crippen LogP contribution in [0.25, 0.3) is 0 Å². The van der Waals surface area contributed by atoms with Crippen molar-refractivity contribution in [1.82, 2.24) is 5.32 Å². The zero-order valence-corrected chi connectivity index (χ0v) is 19.8. The number of amides is 2. The smallest absolute Gasteiger partial charge is 0.407 e. The van der Waals surface area contributed by atoms with Crippen LogP contribution < -0.4 is 11.1 Å². The molecule has 1 unspecified atom stereocenters. The monoisotopic (exact) mass is 450 g/mol. The SMILES string of the molecule is COC(=O)CCCCCc1ccccc1COCC(CCC(N)=O)NC(=O)OC(C)(C)C. The van der Waals surface area contributed by atoms with Crippen LogP contribution in [0.1, 0.15) is 70.4 Å². The van der Waals surface area contributed by atoms with Gasteiger partial charge in [0.2, 0.25) is 5.91 Å². The van der Waals surface area contributed by atoms with E-state index in [1.54, 1.807) is 20.8 Å². The molecule has 0 spiro atoms. The van der Waals surface area contributed by atoms with E-state index in [9.17, 15) is 14.4 Å². The zero-order chi connectivity index (χ0) is 24.0. The van der Waals surface area contributed by atoms with Crippen LogP contribution >= 0.6 is 0 Å². The highest BCUT2D eigenvalue weighted by Crippen LogP contribution is 2.15. The third kappa shape index (κ3) is 12.9. The number of carbonyl (C=O) groups excluding carboxylic acids is 3. The van der Waals surface area contributed by atoms with Gasteiger partial charge in [-0.1, -0.05) is 30.7 Å². The van der Waals surface area contributed by atoms with Gasteiger partial charge in [0, 0.05) is 12.8 Å². The quantitative estimate of drug-likeness (QED) is 0.330. The lowest BCUT2D eigenvalue weighted by Crippen LogP contribution is -2.42. The highest BCUT2D eigenvalue weighted by Gasteiger charge is 2.20. The van der Waals surface area contributed by atoms with Gasteiger partial charge in [0.15, 0.2) is 0 Å². The number of hydrogen-bond acceptors (Lipinski definition) is 6. The minimum absolute atomic E-state index is 0.145. The maximum atomic E-state index is 12.1. The van der Waals surface area contributed by atoms with E-state index in [2.05, 4.69) is 16.1 Å². The Morgan fingerprint density at radius 1 is 1.03 bits per heavy atom. The first-order chi connectivity index (χ1) is 15.1. The molecule has 0 bridgehead atoms. The standard InChI is InChI=1S/C24H38N2O6/c1-24(2,3)32-23(29)26-20(14-15-21(25)27)17-31-16-19-12-9-8-11-18(19)10-6-5-7-13-22(28)30-4/h8-9,11-12,20H,5-7,10,13-17H2,1-4H3,(H2,25,27)(H,26,29). The lowest BCUT2D eigenvalue weighted by atomic mass is 10.0. The van der Waals surface area contributed by atoms with E-state index in [0.29, 0.717) is 19.4 Å². The Bertz CT molecular complexity index is 729. The van der Waals surface area contributed by atoms with Crippen molar-refractivity contribution in [1.29, 1.82) is 0 Å². The molecule has 0 saturated carbocycles. The van der Waals surface area contributed by atoms with E-state index < -0.39 is 17.6 Å². The molecule has 0 aliphatic rings. The van der Waals surface area contributed by atoms with Crippen LogP contribution in [0.2, 0.25) is 0 Å². The van der Waals surface area contributed by atoms with Crippen molar-refractivity contribution in [3.05, 3.63) is 35.4 Å². The van der Waals surface area contributed by atoms with Crippen LogP contribution in [-0.2, 0) is 36.8 Å². The molecule has 32 heavy (non-hydrogen) atoms. The molecule has 0 radical (unpaired) electrons. The molecule has 0 fully saturated rings. The summed E-state index contributed by atoms with van der Waals surface area (Å²) in [6.45, 7) is 5.98. The average molecular weight is 451 g/mol. The number of alkyl carbamates (subject to hydrolysis) is 1. The van der Waals surface area contributed by atoms with Gasteiger partial charge < -0.3 is 25.3 Å². The summed E-state index contributed by atoms with van der Waals surface area (Å²) < 4.78 is 15.8. The number of primary amides is 1. The molecule has 1 aromatic carbocycles. The van der Waals surface area contributed by atoms with Gasteiger partial charge >= 0.3 is 12.1 Å². The molecule has 0 aromatic heterocycles. The summed E-state index contributed by atoms with van der Waals surface area (Å²) in [6, 6.07) is 7.66. The van der Waals surface area contributed by atoms with E-state index >= 15 is 0 Å². The van der Waals surface area contributed by atoms with Crippen molar-refractivity contribution in [2.75, 3.05) is 13.7 Å². The van der Waals surface area contributed by atoms with Crippen molar-refractivity contribution in [2.45, 2.75) is 84.0 Å². The number of rotatable bonds is 14. The molecule has 8 heteroatoms. The molecule has 180 valence electrons. The molecule has 2 amide bonds. The minimum Gasteiger partial charge on any atom is -0.469 e. The summed E-state index contributed by atoms with van der Waals surface area (Å²) in [5, 5.41) is 2.76. The lowest BCUT2D eigenvalue weighted by molar-refractivity contribution is -0.140. The molecule has 0 saturated heterocycles. The van der Waals surface area contributed by atoms with Crippen molar-refractivity contribution in [3.8, 4) is 0 Å². The first-order valence-electron chi connectivity index (χ1n) is 11.1. The highest BCUT2D eigenvalue weighted by atomic mass is 16.6. The summed E-state index contributed by atoms with van der Waals surface area (Å²) in [7, 11) is 1.40. The molecule has 0 heterocycles. The van der Waals surface area contributed by atoms with Crippen LogP contribution in [0, 0.1) is 0 Å². The number of aryl methyl sites for hydroxylation is 1. The highest BCUT2D eigenvalue weighted by molar-refractivity contribution is 5.74. The number of nitrogens with one attached hydrogen (secondary N) is 1. The minimum atomic E-state index is -0.616. The first kappa shape index (κ1) is 27.4. The van der Waals surface area contributed by atoms with Gasteiger partial charge in [0.25, 0.3) is 0 Å². The van der Waals surface area contributed by atoms with E-state index in [1.807, 2.05) is 18.2 Å². The second-order valence-corrected chi connectivity index (χ2v) is 8.77. The van der Waals surface area contributed by atoms with Crippen LogP contribution in [0.15, 0.2) is 24.3 Å². The molecule has 3 N–H and O–H groups in total. The molecular weight excluding hydrogens is 412 g/mol. The van der Waals surface area contributed by atoms with Gasteiger partial charge in [-0.15, -0.1) is 0 Å². The normalized spacial score (nSPS) is 12.1. The first-order valence-corrected chi connectivity index (χ1v) is 11.1. The third-order valence-electron chi connectivity index (χ3n) is 4.71. The fourth-order valence-electron chi connectivity index (χ4n) is 3.10. The van der Waals surface area contributed by atoms with Crippen molar-refractivity contribution < 1.29 is 28.6 Å². The van der Waals surface area contributed by atoms with Crippen LogP contribution in [0.4, 0.5) is 4.79 Å². The van der Waals surface area contributed by atoms with E-state index in [0.717, 1.165) is 31.2 Å². The van der Waals surface area contributed by atoms with Gasteiger partial charge in [-0.3, -0.25) is 9.59 Å². The number of unbranched alkanes of at least 4 members (excludes halogenated alkanes) is 2. The van der Waals surface area contributed by atoms with E-state index in [4.69, 9.17) is 15.2 Å². The van der Waals surface area contributed by atoms with Crippen LogP contribution in [0.5, 0.6) is 0 Å². The van der Waals surface area contributed by atoms with E-state index in [-0.39, 0.29) is 25.0 Å². The second-order valence-electron chi connectivity index (χ2n) is 8.77. The third-order valence-corrected chi connectivity index (χ3v) is 4.71. The zero-order valence-electron chi connectivity index (χ0n) is 19.8. The summed E-state index contributed by atoms with van der Waals surface area (Å²) in [5.74, 6) is -0.608. The van der Waals surface area contributed by atoms with Crippen molar-refractivity contribution in [2.24, 2.45) is 5.73 Å². The van der Waals surface area contributed by atoms with Gasteiger partial charge in [-0.25, -0.2) is 4.79 Å².